The van der Waals surface area contributed by atoms with E-state index in [1.165, 1.54) is 11.8 Å². The molecule has 0 spiro atoms. The minimum absolute atomic E-state index is 0.127. The summed E-state index contributed by atoms with van der Waals surface area (Å²) in [5, 5.41) is 20.5. The zero-order valence-corrected chi connectivity index (χ0v) is 15.9. The smallest absolute Gasteiger partial charge is 0.237 e. The Balaban J connectivity index is 1.62. The molecular formula is C20H19N5OS. The highest BCUT2D eigenvalue weighted by Crippen LogP contribution is 2.23. The highest BCUT2D eigenvalue weighted by molar-refractivity contribution is 8.00. The molecule has 0 saturated carbocycles. The van der Waals surface area contributed by atoms with Gasteiger partial charge >= 0.3 is 0 Å². The third-order valence-electron chi connectivity index (χ3n) is 4.06. The Morgan fingerprint density at radius 3 is 2.56 bits per heavy atom. The molecule has 2 aromatic carbocycles. The third kappa shape index (κ3) is 4.74. The maximum atomic E-state index is 12.4. The van der Waals surface area contributed by atoms with Gasteiger partial charge in [-0.05, 0) is 36.8 Å². The van der Waals surface area contributed by atoms with Crippen molar-refractivity contribution in [3.63, 3.8) is 0 Å². The number of carbonyl (C=O) groups is 1. The number of aromatic nitrogens is 3. The van der Waals surface area contributed by atoms with Crippen molar-refractivity contribution < 1.29 is 4.79 Å². The molecule has 0 unspecified atom stereocenters. The maximum Gasteiger partial charge on any atom is 0.237 e. The standard InChI is InChI=1S/C20H19N5OS/c1-14(19(26)22-17-10-8-16(13-21)9-11-17)27-20-24-23-18(25(20)2)12-15-6-4-3-5-7-15/h3-11,14H,12H2,1-2H3,(H,22,26)/t14-/m0/s1. The monoisotopic (exact) mass is 377 g/mol. The number of nitrogens with zero attached hydrogens (tertiary/aromatic N) is 4. The van der Waals surface area contributed by atoms with Crippen LogP contribution in [0.2, 0.25) is 0 Å². The summed E-state index contributed by atoms with van der Waals surface area (Å²) in [5.41, 5.74) is 2.38. The number of nitriles is 1. The van der Waals surface area contributed by atoms with Crippen molar-refractivity contribution in [2.24, 2.45) is 7.05 Å². The number of thioether (sulfide) groups is 1. The number of carbonyl (C=O) groups excluding carboxylic acids is 1. The quantitative estimate of drug-likeness (QED) is 0.666. The van der Waals surface area contributed by atoms with Gasteiger partial charge in [0.25, 0.3) is 0 Å². The van der Waals surface area contributed by atoms with Crippen LogP contribution in [0.3, 0.4) is 0 Å². The van der Waals surface area contributed by atoms with Crippen LogP contribution in [0, 0.1) is 11.3 Å². The Bertz CT molecular complexity index is 960. The number of hydrogen-bond acceptors (Lipinski definition) is 5. The van der Waals surface area contributed by atoms with E-state index in [1.807, 2.05) is 36.7 Å². The van der Waals surface area contributed by atoms with E-state index in [9.17, 15) is 4.79 Å². The van der Waals surface area contributed by atoms with Crippen molar-refractivity contribution in [2.45, 2.75) is 23.8 Å². The molecule has 3 aromatic rings. The first-order valence-corrected chi connectivity index (χ1v) is 9.34. The Morgan fingerprint density at radius 1 is 1.19 bits per heavy atom. The number of amides is 1. The van der Waals surface area contributed by atoms with Gasteiger partial charge in [0.05, 0.1) is 16.9 Å². The van der Waals surface area contributed by atoms with E-state index in [4.69, 9.17) is 5.26 Å². The molecule has 0 aliphatic carbocycles. The van der Waals surface area contributed by atoms with Crippen molar-refractivity contribution in [3.05, 3.63) is 71.5 Å². The molecule has 0 radical (unpaired) electrons. The zero-order chi connectivity index (χ0) is 19.2. The minimum Gasteiger partial charge on any atom is -0.325 e. The largest absolute Gasteiger partial charge is 0.325 e. The molecule has 7 heteroatoms. The topological polar surface area (TPSA) is 83.6 Å². The molecule has 1 N–H and O–H groups in total. The lowest BCUT2D eigenvalue weighted by Gasteiger charge is -2.11. The molecule has 0 saturated heterocycles. The van der Waals surface area contributed by atoms with Gasteiger partial charge in [-0.15, -0.1) is 10.2 Å². The van der Waals surface area contributed by atoms with Gasteiger partial charge in [-0.2, -0.15) is 5.26 Å². The second kappa shape index (κ2) is 8.52. The molecule has 0 aliphatic rings. The minimum atomic E-state index is -0.340. The first-order valence-electron chi connectivity index (χ1n) is 8.46. The Kier molecular flexibility index (Phi) is 5.89. The van der Waals surface area contributed by atoms with Crippen LogP contribution in [0.5, 0.6) is 0 Å². The number of hydrogen-bond donors (Lipinski definition) is 1. The molecule has 6 nitrogen and oxygen atoms in total. The average Bonchev–Trinajstić information content (AvgIpc) is 3.03. The van der Waals surface area contributed by atoms with Gasteiger partial charge in [0.15, 0.2) is 5.16 Å². The van der Waals surface area contributed by atoms with Crippen LogP contribution in [0.25, 0.3) is 0 Å². The normalized spacial score (nSPS) is 11.6. The SMILES string of the molecule is C[C@H](Sc1nnc(Cc2ccccc2)n1C)C(=O)Nc1ccc(C#N)cc1. The molecule has 1 atom stereocenters. The Labute approximate surface area is 162 Å². The lowest BCUT2D eigenvalue weighted by Crippen LogP contribution is -2.22. The molecule has 3 rings (SSSR count). The number of rotatable bonds is 6. The molecule has 0 bridgehead atoms. The molecule has 0 fully saturated rings. The summed E-state index contributed by atoms with van der Waals surface area (Å²) in [7, 11) is 1.91. The summed E-state index contributed by atoms with van der Waals surface area (Å²) in [6.45, 7) is 1.83. The summed E-state index contributed by atoms with van der Waals surface area (Å²) in [6.07, 6.45) is 0.691. The summed E-state index contributed by atoms with van der Waals surface area (Å²) >= 11 is 1.36. The fourth-order valence-corrected chi connectivity index (χ4v) is 3.30. The van der Waals surface area contributed by atoms with Crippen LogP contribution < -0.4 is 5.32 Å². The van der Waals surface area contributed by atoms with Gasteiger partial charge in [0, 0.05) is 19.2 Å². The maximum absolute atomic E-state index is 12.4. The van der Waals surface area contributed by atoms with Crippen LogP contribution in [0.1, 0.15) is 23.9 Å². The van der Waals surface area contributed by atoms with E-state index < -0.39 is 0 Å². The van der Waals surface area contributed by atoms with Crippen LogP contribution in [0.4, 0.5) is 5.69 Å². The number of nitrogens with one attached hydrogen (secondary N) is 1. The average molecular weight is 377 g/mol. The van der Waals surface area contributed by atoms with E-state index in [0.717, 1.165) is 11.4 Å². The highest BCUT2D eigenvalue weighted by Gasteiger charge is 2.19. The van der Waals surface area contributed by atoms with Gasteiger partial charge in [-0.25, -0.2) is 0 Å². The van der Waals surface area contributed by atoms with Crippen molar-refractivity contribution in [1.29, 1.82) is 5.26 Å². The molecule has 136 valence electrons. The predicted molar refractivity (Wildman–Crippen MR) is 105 cm³/mol. The Hall–Kier alpha value is -3.11. The van der Waals surface area contributed by atoms with Crippen LogP contribution in [0.15, 0.2) is 59.8 Å². The van der Waals surface area contributed by atoms with Gasteiger partial charge < -0.3 is 9.88 Å². The molecular weight excluding hydrogens is 358 g/mol. The van der Waals surface area contributed by atoms with Crippen molar-refractivity contribution in [2.75, 3.05) is 5.32 Å². The molecule has 1 aromatic heterocycles. The van der Waals surface area contributed by atoms with Crippen LogP contribution in [-0.2, 0) is 18.3 Å². The predicted octanol–water partition coefficient (Wildman–Crippen LogP) is 3.40. The second-order valence-electron chi connectivity index (χ2n) is 6.06. The lowest BCUT2D eigenvalue weighted by atomic mass is 10.1. The van der Waals surface area contributed by atoms with Gasteiger partial charge in [0.2, 0.25) is 5.91 Å². The third-order valence-corrected chi connectivity index (χ3v) is 5.20. The summed E-state index contributed by atoms with van der Waals surface area (Å²) in [6, 6.07) is 18.9. The summed E-state index contributed by atoms with van der Waals surface area (Å²) in [5.74, 6) is 0.723. The van der Waals surface area contributed by atoms with E-state index in [1.54, 1.807) is 24.3 Å². The van der Waals surface area contributed by atoms with E-state index in [0.29, 0.717) is 22.8 Å². The number of anilines is 1. The summed E-state index contributed by atoms with van der Waals surface area (Å²) in [4.78, 5) is 12.4. The van der Waals surface area contributed by atoms with Gasteiger partial charge in [0.1, 0.15) is 5.82 Å². The molecule has 0 aliphatic heterocycles. The molecule has 1 heterocycles. The van der Waals surface area contributed by atoms with Crippen molar-refractivity contribution in [3.8, 4) is 6.07 Å². The fraction of sp³-hybridized carbons (Fsp3) is 0.200. The second-order valence-corrected chi connectivity index (χ2v) is 7.37. The lowest BCUT2D eigenvalue weighted by molar-refractivity contribution is -0.115. The van der Waals surface area contributed by atoms with Gasteiger partial charge in [-0.3, -0.25) is 4.79 Å². The van der Waals surface area contributed by atoms with Crippen LogP contribution >= 0.6 is 11.8 Å². The van der Waals surface area contributed by atoms with Crippen LogP contribution in [-0.4, -0.2) is 25.9 Å². The van der Waals surface area contributed by atoms with Crippen molar-refractivity contribution >= 4 is 23.4 Å². The molecule has 27 heavy (non-hydrogen) atoms. The Morgan fingerprint density at radius 2 is 1.89 bits per heavy atom. The highest BCUT2D eigenvalue weighted by atomic mass is 32.2. The van der Waals surface area contributed by atoms with Gasteiger partial charge in [-0.1, -0.05) is 42.1 Å². The zero-order valence-electron chi connectivity index (χ0n) is 15.1. The van der Waals surface area contributed by atoms with E-state index in [-0.39, 0.29) is 11.2 Å². The molecule has 1 amide bonds. The first-order chi connectivity index (χ1) is 13.1. The summed E-state index contributed by atoms with van der Waals surface area (Å²) < 4.78 is 1.92. The number of benzene rings is 2. The van der Waals surface area contributed by atoms with E-state index in [2.05, 4.69) is 33.7 Å². The van der Waals surface area contributed by atoms with Crippen molar-refractivity contribution in [1.82, 2.24) is 14.8 Å². The first kappa shape index (κ1) is 18.7. The fourth-order valence-electron chi connectivity index (χ4n) is 2.46. The van der Waals surface area contributed by atoms with E-state index >= 15 is 0 Å².